The smallest absolute Gasteiger partial charge is 0.220 e. The number of nitrogens with zero attached hydrogens (tertiary/aromatic N) is 1. The largest absolute Gasteiger partial charge is 0.494 e. The zero-order valence-electron chi connectivity index (χ0n) is 15.0. The first-order valence-electron chi connectivity index (χ1n) is 8.83. The average molecular weight is 372 g/mol. The van der Waals surface area contributed by atoms with Crippen LogP contribution in [-0.2, 0) is 4.79 Å². The van der Waals surface area contributed by atoms with Crippen LogP contribution >= 0.6 is 12.4 Å². The standard InChI is InChI=1S/C18H29N3O3.ClH/c1-2-23-16-5-7-17(8-6-16)24-15-3-4-18(22)20-11-14-21-12-9-19-10-13-21;/h5-8,19H,2-4,9-15H2,1H3,(H,20,22);1H. The molecule has 1 aromatic rings. The van der Waals surface area contributed by atoms with Crippen molar-refractivity contribution in [1.29, 1.82) is 0 Å². The molecule has 0 radical (unpaired) electrons. The molecule has 0 aromatic heterocycles. The predicted molar refractivity (Wildman–Crippen MR) is 102 cm³/mol. The summed E-state index contributed by atoms with van der Waals surface area (Å²) in [6.07, 6.45) is 1.21. The van der Waals surface area contributed by atoms with Gasteiger partial charge in [0.2, 0.25) is 5.91 Å². The van der Waals surface area contributed by atoms with Crippen molar-refractivity contribution >= 4 is 18.3 Å². The molecule has 142 valence electrons. The Hall–Kier alpha value is -1.50. The molecule has 6 nitrogen and oxygen atoms in total. The van der Waals surface area contributed by atoms with Gasteiger partial charge in [-0.05, 0) is 37.6 Å². The minimum absolute atomic E-state index is 0. The molecule has 7 heteroatoms. The van der Waals surface area contributed by atoms with Gasteiger partial charge in [0.05, 0.1) is 13.2 Å². The maximum absolute atomic E-state index is 11.8. The highest BCUT2D eigenvalue weighted by Crippen LogP contribution is 2.17. The Morgan fingerprint density at radius 1 is 1.16 bits per heavy atom. The molecule has 0 aliphatic carbocycles. The summed E-state index contributed by atoms with van der Waals surface area (Å²) in [6, 6.07) is 7.56. The van der Waals surface area contributed by atoms with Crippen LogP contribution in [0.25, 0.3) is 0 Å². The SMILES string of the molecule is CCOc1ccc(OCCCC(=O)NCCN2CCNCC2)cc1.Cl. The molecule has 1 aromatic carbocycles. The van der Waals surface area contributed by atoms with Crippen LogP contribution in [0.15, 0.2) is 24.3 Å². The first-order valence-corrected chi connectivity index (χ1v) is 8.83. The number of amides is 1. The van der Waals surface area contributed by atoms with Gasteiger partial charge in [0.15, 0.2) is 0 Å². The van der Waals surface area contributed by atoms with E-state index < -0.39 is 0 Å². The van der Waals surface area contributed by atoms with E-state index in [0.717, 1.165) is 50.8 Å². The third-order valence-electron chi connectivity index (χ3n) is 3.91. The third kappa shape index (κ3) is 8.95. The van der Waals surface area contributed by atoms with E-state index >= 15 is 0 Å². The lowest BCUT2D eigenvalue weighted by atomic mass is 10.3. The molecule has 1 fully saturated rings. The number of carbonyl (C=O) groups is 1. The molecule has 0 atom stereocenters. The van der Waals surface area contributed by atoms with Crippen LogP contribution in [0.4, 0.5) is 0 Å². The van der Waals surface area contributed by atoms with Gasteiger partial charge in [0.1, 0.15) is 11.5 Å². The highest BCUT2D eigenvalue weighted by Gasteiger charge is 2.09. The van der Waals surface area contributed by atoms with Crippen LogP contribution in [0.1, 0.15) is 19.8 Å². The molecular weight excluding hydrogens is 342 g/mol. The van der Waals surface area contributed by atoms with Crippen molar-refractivity contribution in [3.05, 3.63) is 24.3 Å². The van der Waals surface area contributed by atoms with Gasteiger partial charge < -0.3 is 20.1 Å². The summed E-state index contributed by atoms with van der Waals surface area (Å²) in [7, 11) is 0. The molecule has 25 heavy (non-hydrogen) atoms. The van der Waals surface area contributed by atoms with E-state index in [1.165, 1.54) is 0 Å². The molecule has 1 aliphatic rings. The quantitative estimate of drug-likeness (QED) is 0.613. The number of benzene rings is 1. The van der Waals surface area contributed by atoms with E-state index in [-0.39, 0.29) is 18.3 Å². The van der Waals surface area contributed by atoms with Gasteiger partial charge in [-0.25, -0.2) is 0 Å². The molecule has 1 saturated heterocycles. The summed E-state index contributed by atoms with van der Waals surface area (Å²) >= 11 is 0. The van der Waals surface area contributed by atoms with Gasteiger partial charge in [-0.15, -0.1) is 12.4 Å². The lowest BCUT2D eigenvalue weighted by Gasteiger charge is -2.27. The second-order valence-corrected chi connectivity index (χ2v) is 5.80. The number of hydrogen-bond donors (Lipinski definition) is 2. The van der Waals surface area contributed by atoms with Crippen LogP contribution in [0.5, 0.6) is 11.5 Å². The lowest BCUT2D eigenvalue weighted by molar-refractivity contribution is -0.121. The van der Waals surface area contributed by atoms with Crippen LogP contribution in [0.3, 0.4) is 0 Å². The fourth-order valence-electron chi connectivity index (χ4n) is 2.60. The van der Waals surface area contributed by atoms with E-state index in [9.17, 15) is 4.79 Å². The molecule has 1 aliphatic heterocycles. The van der Waals surface area contributed by atoms with Crippen LogP contribution in [-0.4, -0.2) is 63.3 Å². The van der Waals surface area contributed by atoms with Crippen molar-refractivity contribution in [2.24, 2.45) is 0 Å². The summed E-state index contributed by atoms with van der Waals surface area (Å²) in [5.74, 6) is 1.74. The Bertz CT molecular complexity index is 479. The number of hydrogen-bond acceptors (Lipinski definition) is 5. The van der Waals surface area contributed by atoms with Crippen molar-refractivity contribution in [3.63, 3.8) is 0 Å². The minimum Gasteiger partial charge on any atom is -0.494 e. The molecule has 1 amide bonds. The summed E-state index contributed by atoms with van der Waals surface area (Å²) in [5, 5.41) is 6.30. The molecule has 1 heterocycles. The topological polar surface area (TPSA) is 62.8 Å². The minimum atomic E-state index is 0. The van der Waals surface area contributed by atoms with Gasteiger partial charge in [-0.1, -0.05) is 0 Å². The Balaban J connectivity index is 0.00000312. The summed E-state index contributed by atoms with van der Waals surface area (Å²) in [5.41, 5.74) is 0. The molecule has 2 N–H and O–H groups in total. The number of piperazine rings is 1. The zero-order chi connectivity index (χ0) is 17.0. The van der Waals surface area contributed by atoms with E-state index in [1.54, 1.807) is 0 Å². The second kappa shape index (κ2) is 12.8. The second-order valence-electron chi connectivity index (χ2n) is 5.80. The average Bonchev–Trinajstić information content (AvgIpc) is 2.61. The van der Waals surface area contributed by atoms with Gasteiger partial charge in [0.25, 0.3) is 0 Å². The normalized spacial score (nSPS) is 14.4. The van der Waals surface area contributed by atoms with E-state index in [2.05, 4.69) is 15.5 Å². The maximum atomic E-state index is 11.8. The number of rotatable bonds is 10. The summed E-state index contributed by atoms with van der Waals surface area (Å²) in [4.78, 5) is 14.2. The molecule has 0 saturated carbocycles. The fourth-order valence-corrected chi connectivity index (χ4v) is 2.60. The van der Waals surface area contributed by atoms with Crippen LogP contribution in [0.2, 0.25) is 0 Å². The Labute approximate surface area is 156 Å². The Morgan fingerprint density at radius 2 is 1.80 bits per heavy atom. The van der Waals surface area contributed by atoms with Crippen molar-refractivity contribution in [3.8, 4) is 11.5 Å². The molecule has 0 bridgehead atoms. The number of carbonyl (C=O) groups excluding carboxylic acids is 1. The van der Waals surface area contributed by atoms with Crippen molar-refractivity contribution in [1.82, 2.24) is 15.5 Å². The molecule has 0 unspecified atom stereocenters. The van der Waals surface area contributed by atoms with Crippen molar-refractivity contribution < 1.29 is 14.3 Å². The van der Waals surface area contributed by atoms with E-state index in [4.69, 9.17) is 9.47 Å². The highest BCUT2D eigenvalue weighted by atomic mass is 35.5. The third-order valence-corrected chi connectivity index (χ3v) is 3.91. The highest BCUT2D eigenvalue weighted by molar-refractivity contribution is 5.85. The maximum Gasteiger partial charge on any atom is 0.220 e. The van der Waals surface area contributed by atoms with Crippen molar-refractivity contribution in [2.75, 3.05) is 52.5 Å². The van der Waals surface area contributed by atoms with Crippen LogP contribution in [0, 0.1) is 0 Å². The number of nitrogens with one attached hydrogen (secondary N) is 2. The molecule has 2 rings (SSSR count). The van der Waals surface area contributed by atoms with Gasteiger partial charge in [-0.2, -0.15) is 0 Å². The summed E-state index contributed by atoms with van der Waals surface area (Å²) < 4.78 is 11.0. The Morgan fingerprint density at radius 3 is 2.44 bits per heavy atom. The van der Waals surface area contributed by atoms with Crippen molar-refractivity contribution in [2.45, 2.75) is 19.8 Å². The summed E-state index contributed by atoms with van der Waals surface area (Å²) in [6.45, 7) is 9.00. The first kappa shape index (κ1) is 21.5. The van der Waals surface area contributed by atoms with Gasteiger partial charge >= 0.3 is 0 Å². The predicted octanol–water partition coefficient (Wildman–Crippen LogP) is 1.69. The monoisotopic (exact) mass is 371 g/mol. The number of halogens is 1. The zero-order valence-corrected chi connectivity index (χ0v) is 15.8. The van der Waals surface area contributed by atoms with Gasteiger partial charge in [0, 0.05) is 45.7 Å². The van der Waals surface area contributed by atoms with Gasteiger partial charge in [-0.3, -0.25) is 9.69 Å². The van der Waals surface area contributed by atoms with E-state index in [1.807, 2.05) is 31.2 Å². The molecule has 0 spiro atoms. The number of ether oxygens (including phenoxy) is 2. The van der Waals surface area contributed by atoms with Crippen LogP contribution < -0.4 is 20.1 Å². The molecular formula is C18H30ClN3O3. The first-order chi connectivity index (χ1) is 11.8. The Kier molecular flexibility index (Phi) is 11.0. The lowest BCUT2D eigenvalue weighted by Crippen LogP contribution is -2.46. The fraction of sp³-hybridized carbons (Fsp3) is 0.611. The van der Waals surface area contributed by atoms with E-state index in [0.29, 0.717) is 26.1 Å².